The molecule has 0 saturated carbocycles. The van der Waals surface area contributed by atoms with Crippen LogP contribution in [-0.2, 0) is 0 Å². The lowest BCUT2D eigenvalue weighted by atomic mass is 10.0. The minimum Gasteiger partial charge on any atom is -0.478 e. The van der Waals surface area contributed by atoms with Gasteiger partial charge in [0.25, 0.3) is 0 Å². The van der Waals surface area contributed by atoms with Crippen molar-refractivity contribution in [2.45, 2.75) is 0 Å². The van der Waals surface area contributed by atoms with Gasteiger partial charge >= 0.3 is 5.97 Å². The molecule has 1 heterocycles. The highest BCUT2D eigenvalue weighted by atomic mass is 16.4. The molecule has 0 fully saturated rings. The maximum absolute atomic E-state index is 10.8. The van der Waals surface area contributed by atoms with Crippen molar-refractivity contribution in [3.8, 4) is 11.1 Å². The molecule has 0 unspecified atom stereocenters. The van der Waals surface area contributed by atoms with Crippen LogP contribution in [0.15, 0.2) is 60.8 Å². The fourth-order valence-corrected chi connectivity index (χ4v) is 2.05. The number of carboxylic acids is 1. The molecule has 0 atom stereocenters. The van der Waals surface area contributed by atoms with Crippen LogP contribution in [0.5, 0.6) is 0 Å². The van der Waals surface area contributed by atoms with E-state index in [1.54, 1.807) is 18.3 Å². The molecule has 0 aliphatic rings. The summed E-state index contributed by atoms with van der Waals surface area (Å²) in [5.74, 6) is -0.910. The second kappa shape index (κ2) is 4.53. The summed E-state index contributed by atoms with van der Waals surface area (Å²) >= 11 is 0. The number of rotatable bonds is 2. The molecule has 1 N–H and O–H groups in total. The van der Waals surface area contributed by atoms with E-state index in [-0.39, 0.29) is 0 Å². The van der Waals surface area contributed by atoms with E-state index in [1.165, 1.54) is 0 Å². The summed E-state index contributed by atoms with van der Waals surface area (Å²) in [5, 5.41) is 9.97. The van der Waals surface area contributed by atoms with Crippen molar-refractivity contribution in [1.29, 1.82) is 0 Å². The van der Waals surface area contributed by atoms with E-state index in [2.05, 4.69) is 4.98 Å². The molecule has 1 aromatic heterocycles. The average Bonchev–Trinajstić information content (AvgIpc) is 2.47. The van der Waals surface area contributed by atoms with Gasteiger partial charge in [-0.15, -0.1) is 0 Å². The second-order valence-electron chi connectivity index (χ2n) is 4.29. The van der Waals surface area contributed by atoms with Crippen LogP contribution in [0.4, 0.5) is 0 Å². The summed E-state index contributed by atoms with van der Waals surface area (Å²) < 4.78 is 0. The molecule has 0 saturated heterocycles. The molecule has 0 amide bonds. The highest BCUT2D eigenvalue weighted by Crippen LogP contribution is 2.23. The molecule has 0 aliphatic carbocycles. The highest BCUT2D eigenvalue weighted by molar-refractivity contribution is 5.89. The number of carboxylic acid groups (broad SMARTS) is 1. The molecule has 19 heavy (non-hydrogen) atoms. The number of hydrogen-bond acceptors (Lipinski definition) is 2. The third-order valence-corrected chi connectivity index (χ3v) is 3.07. The molecule has 3 rings (SSSR count). The van der Waals surface area contributed by atoms with Crippen molar-refractivity contribution >= 4 is 16.9 Å². The van der Waals surface area contributed by atoms with Gasteiger partial charge in [0.15, 0.2) is 0 Å². The number of carbonyl (C=O) groups is 1. The summed E-state index contributed by atoms with van der Waals surface area (Å²) in [5.41, 5.74) is 3.24. The Balaban J connectivity index is 2.06. The monoisotopic (exact) mass is 249 g/mol. The van der Waals surface area contributed by atoms with Crippen molar-refractivity contribution in [2.75, 3.05) is 0 Å². The molecule has 0 aliphatic heterocycles. The van der Waals surface area contributed by atoms with E-state index in [9.17, 15) is 4.79 Å². The van der Waals surface area contributed by atoms with E-state index in [1.807, 2.05) is 42.5 Å². The summed E-state index contributed by atoms with van der Waals surface area (Å²) in [6, 6.07) is 16.8. The Morgan fingerprint density at radius 3 is 2.42 bits per heavy atom. The molecule has 2 aromatic carbocycles. The number of aromatic carboxylic acids is 1. The van der Waals surface area contributed by atoms with E-state index in [0.29, 0.717) is 5.56 Å². The standard InChI is InChI=1S/C16H11NO2/c18-16(19)13-6-3-11(4-7-13)14-8-5-12-2-1-9-17-15(12)10-14/h1-10H,(H,18,19). The van der Waals surface area contributed by atoms with E-state index >= 15 is 0 Å². The van der Waals surface area contributed by atoms with Gasteiger partial charge in [-0.3, -0.25) is 4.98 Å². The Hall–Kier alpha value is -2.68. The highest BCUT2D eigenvalue weighted by Gasteiger charge is 2.04. The van der Waals surface area contributed by atoms with Gasteiger partial charge in [0, 0.05) is 11.6 Å². The first-order valence-electron chi connectivity index (χ1n) is 5.92. The van der Waals surface area contributed by atoms with Gasteiger partial charge in [0.2, 0.25) is 0 Å². The minimum absolute atomic E-state index is 0.294. The zero-order chi connectivity index (χ0) is 13.2. The number of benzene rings is 2. The van der Waals surface area contributed by atoms with Crippen LogP contribution < -0.4 is 0 Å². The smallest absolute Gasteiger partial charge is 0.335 e. The normalized spacial score (nSPS) is 10.5. The fraction of sp³-hybridized carbons (Fsp3) is 0. The summed E-state index contributed by atoms with van der Waals surface area (Å²) in [6.45, 7) is 0. The van der Waals surface area contributed by atoms with Gasteiger partial charge in [-0.1, -0.05) is 30.3 Å². The molecule has 0 spiro atoms. The quantitative estimate of drug-likeness (QED) is 0.754. The molecule has 0 radical (unpaired) electrons. The molecule has 92 valence electrons. The lowest BCUT2D eigenvalue weighted by Gasteiger charge is -2.04. The predicted molar refractivity (Wildman–Crippen MR) is 74.1 cm³/mol. The van der Waals surface area contributed by atoms with Gasteiger partial charge in [-0.05, 0) is 35.4 Å². The Morgan fingerprint density at radius 2 is 1.68 bits per heavy atom. The predicted octanol–water partition coefficient (Wildman–Crippen LogP) is 3.60. The molecule has 3 heteroatoms. The van der Waals surface area contributed by atoms with Crippen molar-refractivity contribution in [2.24, 2.45) is 0 Å². The Labute approximate surface area is 110 Å². The maximum atomic E-state index is 10.8. The van der Waals surface area contributed by atoms with Crippen molar-refractivity contribution in [3.63, 3.8) is 0 Å². The van der Waals surface area contributed by atoms with Gasteiger partial charge in [-0.25, -0.2) is 4.79 Å². The van der Waals surface area contributed by atoms with Crippen molar-refractivity contribution in [1.82, 2.24) is 4.98 Å². The largest absolute Gasteiger partial charge is 0.478 e. The summed E-state index contributed by atoms with van der Waals surface area (Å²) in [4.78, 5) is 15.1. The SMILES string of the molecule is O=C(O)c1ccc(-c2ccc3cccnc3c2)cc1. The molecular formula is C16H11NO2. The third-order valence-electron chi connectivity index (χ3n) is 3.07. The van der Waals surface area contributed by atoms with Crippen LogP contribution in [0.2, 0.25) is 0 Å². The topological polar surface area (TPSA) is 50.2 Å². The zero-order valence-electron chi connectivity index (χ0n) is 10.1. The van der Waals surface area contributed by atoms with Crippen LogP contribution >= 0.6 is 0 Å². The van der Waals surface area contributed by atoms with Crippen molar-refractivity contribution < 1.29 is 9.90 Å². The van der Waals surface area contributed by atoms with Crippen LogP contribution in [0.25, 0.3) is 22.0 Å². The van der Waals surface area contributed by atoms with Gasteiger partial charge in [0.05, 0.1) is 11.1 Å². The van der Waals surface area contributed by atoms with Crippen LogP contribution in [0.1, 0.15) is 10.4 Å². The Bertz CT molecular complexity index is 748. The zero-order valence-corrected chi connectivity index (χ0v) is 10.1. The lowest BCUT2D eigenvalue weighted by molar-refractivity contribution is 0.0697. The Morgan fingerprint density at radius 1 is 0.947 bits per heavy atom. The van der Waals surface area contributed by atoms with Gasteiger partial charge in [-0.2, -0.15) is 0 Å². The van der Waals surface area contributed by atoms with E-state index in [0.717, 1.165) is 22.0 Å². The molecule has 3 aromatic rings. The van der Waals surface area contributed by atoms with Gasteiger partial charge in [0.1, 0.15) is 0 Å². The van der Waals surface area contributed by atoms with Crippen LogP contribution in [0.3, 0.4) is 0 Å². The average molecular weight is 249 g/mol. The minimum atomic E-state index is -0.910. The lowest BCUT2D eigenvalue weighted by Crippen LogP contribution is -1.94. The second-order valence-corrected chi connectivity index (χ2v) is 4.29. The van der Waals surface area contributed by atoms with Crippen LogP contribution in [-0.4, -0.2) is 16.1 Å². The number of aromatic nitrogens is 1. The van der Waals surface area contributed by atoms with Crippen molar-refractivity contribution in [3.05, 3.63) is 66.4 Å². The van der Waals surface area contributed by atoms with E-state index in [4.69, 9.17) is 5.11 Å². The first kappa shape index (κ1) is 11.4. The third kappa shape index (κ3) is 2.18. The van der Waals surface area contributed by atoms with Gasteiger partial charge < -0.3 is 5.11 Å². The first-order chi connectivity index (χ1) is 9.24. The molecule has 0 bridgehead atoms. The number of nitrogens with zero attached hydrogens (tertiary/aromatic N) is 1. The number of fused-ring (bicyclic) bond motifs is 1. The maximum Gasteiger partial charge on any atom is 0.335 e. The number of hydrogen-bond donors (Lipinski definition) is 1. The summed E-state index contributed by atoms with van der Waals surface area (Å²) in [7, 11) is 0. The Kier molecular flexibility index (Phi) is 2.72. The number of pyridine rings is 1. The van der Waals surface area contributed by atoms with Crippen LogP contribution in [0, 0.1) is 0 Å². The molecule has 3 nitrogen and oxygen atoms in total. The van der Waals surface area contributed by atoms with E-state index < -0.39 is 5.97 Å². The summed E-state index contributed by atoms with van der Waals surface area (Å²) in [6.07, 6.45) is 1.76. The first-order valence-corrected chi connectivity index (χ1v) is 5.92. The fourth-order valence-electron chi connectivity index (χ4n) is 2.05. The molecular weight excluding hydrogens is 238 g/mol.